The summed E-state index contributed by atoms with van der Waals surface area (Å²) in [5.41, 5.74) is 5.65. The summed E-state index contributed by atoms with van der Waals surface area (Å²) >= 11 is 6.09. The van der Waals surface area contributed by atoms with E-state index in [1.165, 1.54) is 10.5 Å². The Morgan fingerprint density at radius 1 is 0.871 bits per heavy atom. The first-order valence-corrected chi connectivity index (χ1v) is 10.6. The Morgan fingerprint density at radius 3 is 2.16 bits per heavy atom. The van der Waals surface area contributed by atoms with Crippen LogP contribution in [-0.2, 0) is 16.0 Å². The molecule has 0 aliphatic carbocycles. The molecule has 1 aliphatic rings. The number of carbonyl (C=O) groups excluding carboxylic acids is 2. The van der Waals surface area contributed by atoms with Gasteiger partial charge in [0.25, 0.3) is 11.8 Å². The third-order valence-electron chi connectivity index (χ3n) is 5.46. The molecule has 156 valence electrons. The second kappa shape index (κ2) is 8.40. The molecule has 3 aromatic rings. The van der Waals surface area contributed by atoms with Gasteiger partial charge >= 0.3 is 0 Å². The van der Waals surface area contributed by atoms with Crippen molar-refractivity contribution in [1.29, 1.82) is 0 Å². The topological polar surface area (TPSA) is 49.4 Å². The van der Waals surface area contributed by atoms with Crippen LogP contribution in [0.4, 0.5) is 11.4 Å². The number of anilines is 2. The maximum Gasteiger partial charge on any atom is 0.282 e. The van der Waals surface area contributed by atoms with E-state index < -0.39 is 0 Å². The van der Waals surface area contributed by atoms with Gasteiger partial charge in [-0.05, 0) is 67.3 Å². The van der Waals surface area contributed by atoms with Crippen LogP contribution >= 0.6 is 11.6 Å². The molecule has 0 bridgehead atoms. The zero-order valence-corrected chi connectivity index (χ0v) is 18.5. The van der Waals surface area contributed by atoms with Crippen molar-refractivity contribution in [2.45, 2.75) is 27.2 Å². The fourth-order valence-corrected chi connectivity index (χ4v) is 3.92. The lowest BCUT2D eigenvalue weighted by atomic mass is 10.0. The van der Waals surface area contributed by atoms with Crippen LogP contribution in [0.15, 0.2) is 72.4 Å². The molecule has 1 N–H and O–H groups in total. The lowest BCUT2D eigenvalue weighted by molar-refractivity contribution is -0.120. The van der Waals surface area contributed by atoms with E-state index in [0.717, 1.165) is 23.2 Å². The number of nitrogens with zero attached hydrogens (tertiary/aromatic N) is 1. The molecule has 0 aromatic heterocycles. The predicted molar refractivity (Wildman–Crippen MR) is 126 cm³/mol. The molecule has 0 unspecified atom stereocenters. The van der Waals surface area contributed by atoms with Crippen LogP contribution < -0.4 is 10.2 Å². The van der Waals surface area contributed by atoms with Crippen LogP contribution in [0.1, 0.15) is 29.2 Å². The summed E-state index contributed by atoms with van der Waals surface area (Å²) in [6, 6.07) is 20.6. The Labute approximate surface area is 187 Å². The Balaban J connectivity index is 1.81. The summed E-state index contributed by atoms with van der Waals surface area (Å²) in [6.45, 7) is 5.91. The van der Waals surface area contributed by atoms with E-state index >= 15 is 0 Å². The van der Waals surface area contributed by atoms with Gasteiger partial charge in [-0.1, -0.05) is 60.5 Å². The number of aryl methyl sites for hydroxylation is 3. The molecule has 2 amide bonds. The van der Waals surface area contributed by atoms with E-state index in [-0.39, 0.29) is 17.5 Å². The zero-order chi connectivity index (χ0) is 22.1. The zero-order valence-electron chi connectivity index (χ0n) is 17.7. The largest absolute Gasteiger partial charge is 0.350 e. The lowest BCUT2D eigenvalue weighted by Gasteiger charge is -2.18. The maximum absolute atomic E-state index is 13.5. The van der Waals surface area contributed by atoms with Gasteiger partial charge in [-0.25, -0.2) is 4.90 Å². The fraction of sp³-hybridized carbons (Fsp3) is 0.154. The molecule has 5 heteroatoms. The van der Waals surface area contributed by atoms with Crippen LogP contribution in [-0.4, -0.2) is 11.8 Å². The molecule has 0 radical (unpaired) electrons. The quantitative estimate of drug-likeness (QED) is 0.511. The summed E-state index contributed by atoms with van der Waals surface area (Å²) in [5, 5.41) is 3.76. The molecule has 1 aliphatic heterocycles. The van der Waals surface area contributed by atoms with E-state index in [1.807, 2.05) is 62.4 Å². The van der Waals surface area contributed by atoms with Crippen LogP contribution in [0, 0.1) is 13.8 Å². The number of carbonyl (C=O) groups is 2. The van der Waals surface area contributed by atoms with Crippen LogP contribution in [0.3, 0.4) is 0 Å². The minimum atomic E-state index is -0.384. The fourth-order valence-electron chi connectivity index (χ4n) is 3.69. The first kappa shape index (κ1) is 20.9. The average molecular weight is 431 g/mol. The number of halogens is 1. The molecule has 0 fully saturated rings. The van der Waals surface area contributed by atoms with Gasteiger partial charge in [0, 0.05) is 10.7 Å². The van der Waals surface area contributed by atoms with Gasteiger partial charge in [-0.15, -0.1) is 0 Å². The Morgan fingerprint density at radius 2 is 1.55 bits per heavy atom. The molecule has 1 heterocycles. The number of hydrogen-bond donors (Lipinski definition) is 1. The monoisotopic (exact) mass is 430 g/mol. The molecule has 4 nitrogen and oxygen atoms in total. The van der Waals surface area contributed by atoms with Crippen molar-refractivity contribution in [1.82, 2.24) is 0 Å². The maximum atomic E-state index is 13.5. The molecular weight excluding hydrogens is 408 g/mol. The minimum Gasteiger partial charge on any atom is -0.350 e. The van der Waals surface area contributed by atoms with Gasteiger partial charge in [0.1, 0.15) is 5.70 Å². The van der Waals surface area contributed by atoms with E-state index in [2.05, 4.69) is 12.2 Å². The first-order chi connectivity index (χ1) is 14.9. The number of hydrogen-bond acceptors (Lipinski definition) is 3. The Hall–Kier alpha value is -3.37. The van der Waals surface area contributed by atoms with Gasteiger partial charge in [-0.2, -0.15) is 0 Å². The van der Waals surface area contributed by atoms with Crippen molar-refractivity contribution in [2.75, 3.05) is 10.2 Å². The van der Waals surface area contributed by atoms with Gasteiger partial charge < -0.3 is 5.32 Å². The molecule has 0 saturated heterocycles. The SMILES string of the molecule is CCc1ccc(NC2=C(c3ccc(C)cc3)C(=O)N(c3ccc(Cl)cc3C)C2=O)cc1. The summed E-state index contributed by atoms with van der Waals surface area (Å²) in [5.74, 6) is -0.738. The third kappa shape index (κ3) is 3.99. The highest BCUT2D eigenvalue weighted by atomic mass is 35.5. The van der Waals surface area contributed by atoms with Crippen molar-refractivity contribution in [2.24, 2.45) is 0 Å². The first-order valence-electron chi connectivity index (χ1n) is 10.2. The van der Waals surface area contributed by atoms with E-state index in [9.17, 15) is 9.59 Å². The molecule has 0 saturated carbocycles. The second-order valence-electron chi connectivity index (χ2n) is 7.67. The second-order valence-corrected chi connectivity index (χ2v) is 8.10. The van der Waals surface area contributed by atoms with Crippen LogP contribution in [0.25, 0.3) is 5.57 Å². The van der Waals surface area contributed by atoms with Gasteiger partial charge in [-0.3, -0.25) is 9.59 Å². The number of rotatable bonds is 5. The molecule has 0 atom stereocenters. The van der Waals surface area contributed by atoms with Crippen molar-refractivity contribution in [3.63, 3.8) is 0 Å². The van der Waals surface area contributed by atoms with Crippen LogP contribution in [0.5, 0.6) is 0 Å². The van der Waals surface area contributed by atoms with E-state index in [1.54, 1.807) is 18.2 Å². The normalized spacial score (nSPS) is 13.9. The van der Waals surface area contributed by atoms with Crippen molar-refractivity contribution >= 4 is 40.4 Å². The number of amides is 2. The highest BCUT2D eigenvalue weighted by molar-refractivity contribution is 6.46. The highest BCUT2D eigenvalue weighted by Gasteiger charge is 2.40. The predicted octanol–water partition coefficient (Wildman–Crippen LogP) is 5.92. The Kier molecular flexibility index (Phi) is 5.66. The van der Waals surface area contributed by atoms with Crippen LogP contribution in [0.2, 0.25) is 5.02 Å². The van der Waals surface area contributed by atoms with Gasteiger partial charge in [0.05, 0.1) is 11.3 Å². The smallest absolute Gasteiger partial charge is 0.282 e. The molecule has 31 heavy (non-hydrogen) atoms. The molecule has 0 spiro atoms. The van der Waals surface area contributed by atoms with Gasteiger partial charge in [0.15, 0.2) is 0 Å². The standard InChI is InChI=1S/C26H23ClN2O2/c1-4-18-7-12-21(13-8-18)28-24-23(19-9-5-16(2)6-10-19)25(30)29(26(24)31)22-14-11-20(27)15-17(22)3/h5-15,28H,4H2,1-3H3. The van der Waals surface area contributed by atoms with Crippen molar-refractivity contribution in [3.8, 4) is 0 Å². The molecule has 3 aromatic carbocycles. The number of nitrogens with one attached hydrogen (secondary N) is 1. The minimum absolute atomic E-state index is 0.271. The third-order valence-corrected chi connectivity index (χ3v) is 5.69. The van der Waals surface area contributed by atoms with E-state index in [4.69, 9.17) is 11.6 Å². The summed E-state index contributed by atoms with van der Waals surface area (Å²) in [4.78, 5) is 28.2. The highest BCUT2D eigenvalue weighted by Crippen LogP contribution is 2.35. The van der Waals surface area contributed by atoms with Crippen molar-refractivity contribution < 1.29 is 9.59 Å². The molecule has 4 rings (SSSR count). The average Bonchev–Trinajstić information content (AvgIpc) is 2.99. The summed E-state index contributed by atoms with van der Waals surface area (Å²) in [7, 11) is 0. The number of benzene rings is 3. The van der Waals surface area contributed by atoms with Crippen molar-refractivity contribution in [3.05, 3.63) is 99.7 Å². The van der Waals surface area contributed by atoms with E-state index in [0.29, 0.717) is 21.8 Å². The summed E-state index contributed by atoms with van der Waals surface area (Å²) < 4.78 is 0. The lowest BCUT2D eigenvalue weighted by Crippen LogP contribution is -2.33. The van der Waals surface area contributed by atoms with Gasteiger partial charge in [0.2, 0.25) is 0 Å². The summed E-state index contributed by atoms with van der Waals surface area (Å²) in [6.07, 6.45) is 0.929. The number of imide groups is 1. The Bertz CT molecular complexity index is 1200. The molecular formula is C26H23ClN2O2.